The van der Waals surface area contributed by atoms with Gasteiger partial charge in [-0.3, -0.25) is 4.79 Å². The van der Waals surface area contributed by atoms with Gasteiger partial charge in [0.1, 0.15) is 4.90 Å². The molecule has 100 valence electrons. The van der Waals surface area contributed by atoms with Crippen molar-refractivity contribution in [3.05, 3.63) is 23.0 Å². The number of hydrogen-bond acceptors (Lipinski definition) is 4. The smallest absolute Gasteiger partial charge is 0.243 e. The van der Waals surface area contributed by atoms with E-state index < -0.39 is 26.6 Å². The third kappa shape index (κ3) is 3.56. The highest BCUT2D eigenvalue weighted by Gasteiger charge is 2.21. The minimum Gasteiger partial charge on any atom is -0.396 e. The fourth-order valence-electron chi connectivity index (χ4n) is 1.17. The zero-order valence-corrected chi connectivity index (χ0v) is 10.7. The van der Waals surface area contributed by atoms with Crippen LogP contribution in [0.3, 0.4) is 0 Å². The second kappa shape index (κ2) is 5.51. The van der Waals surface area contributed by atoms with Crippen molar-refractivity contribution in [3.8, 4) is 0 Å². The number of carbonyl (C=O) groups is 1. The lowest BCUT2D eigenvalue weighted by Gasteiger charge is -2.08. The quantitative estimate of drug-likeness (QED) is 0.674. The molecular formula is C9H11ClFN3O3S. The monoisotopic (exact) mass is 295 g/mol. The second-order valence-corrected chi connectivity index (χ2v) is 5.59. The Kier molecular flexibility index (Phi) is 4.49. The van der Waals surface area contributed by atoms with E-state index in [0.717, 1.165) is 12.1 Å². The minimum absolute atomic E-state index is 0.0100. The summed E-state index contributed by atoms with van der Waals surface area (Å²) >= 11 is 5.60. The maximum atomic E-state index is 13.6. The van der Waals surface area contributed by atoms with Gasteiger partial charge in [-0.15, -0.1) is 0 Å². The van der Waals surface area contributed by atoms with E-state index in [-0.39, 0.29) is 23.7 Å². The Bertz CT molecular complexity index is 577. The number of nitrogens with two attached hydrogens (primary N) is 2. The highest BCUT2D eigenvalue weighted by Crippen LogP contribution is 2.24. The number of hydrogen-bond donors (Lipinski definition) is 3. The summed E-state index contributed by atoms with van der Waals surface area (Å²) in [6.45, 7) is -0.233. The molecular weight excluding hydrogens is 285 g/mol. The summed E-state index contributed by atoms with van der Waals surface area (Å²) in [6.07, 6.45) is -0.198. The Morgan fingerprint density at radius 3 is 2.61 bits per heavy atom. The molecule has 0 unspecified atom stereocenters. The van der Waals surface area contributed by atoms with Gasteiger partial charge in [0, 0.05) is 18.0 Å². The van der Waals surface area contributed by atoms with Crippen LogP contribution in [0, 0.1) is 5.82 Å². The molecule has 1 aromatic rings. The van der Waals surface area contributed by atoms with Crippen molar-refractivity contribution in [1.82, 2.24) is 4.72 Å². The van der Waals surface area contributed by atoms with Crippen LogP contribution >= 0.6 is 11.6 Å². The van der Waals surface area contributed by atoms with Crippen molar-refractivity contribution in [2.24, 2.45) is 5.73 Å². The largest absolute Gasteiger partial charge is 0.396 e. The van der Waals surface area contributed by atoms with Gasteiger partial charge in [0.15, 0.2) is 5.82 Å². The molecule has 18 heavy (non-hydrogen) atoms. The Morgan fingerprint density at radius 2 is 2.06 bits per heavy atom. The van der Waals surface area contributed by atoms with E-state index in [2.05, 4.69) is 0 Å². The SMILES string of the molecule is NC(=O)CCNS(=O)(=O)c1cc(Cl)cc(N)c1F. The van der Waals surface area contributed by atoms with E-state index in [0.29, 0.717) is 0 Å². The first-order valence-corrected chi connectivity index (χ1v) is 6.62. The van der Waals surface area contributed by atoms with Crippen LogP contribution in [0.2, 0.25) is 5.02 Å². The van der Waals surface area contributed by atoms with Crippen molar-refractivity contribution >= 4 is 33.2 Å². The lowest BCUT2D eigenvalue weighted by molar-refractivity contribution is -0.117. The Morgan fingerprint density at radius 1 is 1.44 bits per heavy atom. The van der Waals surface area contributed by atoms with Crippen LogP contribution in [0.15, 0.2) is 17.0 Å². The number of amides is 1. The molecule has 0 radical (unpaired) electrons. The molecule has 1 amide bonds. The number of benzene rings is 1. The van der Waals surface area contributed by atoms with Gasteiger partial charge in [0.25, 0.3) is 0 Å². The summed E-state index contributed by atoms with van der Waals surface area (Å²) in [7, 11) is -4.13. The van der Waals surface area contributed by atoms with E-state index >= 15 is 0 Å². The van der Waals surface area contributed by atoms with Crippen LogP contribution in [0.1, 0.15) is 6.42 Å². The Labute approximate surface area is 108 Å². The summed E-state index contributed by atoms with van der Waals surface area (Å²) in [4.78, 5) is 9.80. The molecule has 0 aliphatic rings. The van der Waals surface area contributed by atoms with Gasteiger partial charge in [-0.25, -0.2) is 17.5 Å². The van der Waals surface area contributed by atoms with Gasteiger partial charge in [-0.05, 0) is 12.1 Å². The summed E-state index contributed by atoms with van der Waals surface area (Å²) < 4.78 is 39.0. The van der Waals surface area contributed by atoms with Gasteiger partial charge >= 0.3 is 0 Å². The fourth-order valence-corrected chi connectivity index (χ4v) is 2.62. The summed E-state index contributed by atoms with van der Waals surface area (Å²) in [5.74, 6) is -1.77. The molecule has 0 bridgehead atoms. The predicted octanol–water partition coefficient (Wildman–Crippen LogP) is 0.215. The minimum atomic E-state index is -4.13. The maximum Gasteiger partial charge on any atom is 0.243 e. The van der Waals surface area contributed by atoms with Gasteiger partial charge in [0.05, 0.1) is 5.69 Å². The fraction of sp³-hybridized carbons (Fsp3) is 0.222. The van der Waals surface area contributed by atoms with Crippen molar-refractivity contribution in [2.45, 2.75) is 11.3 Å². The number of sulfonamides is 1. The molecule has 0 saturated carbocycles. The van der Waals surface area contributed by atoms with E-state index in [4.69, 9.17) is 23.1 Å². The molecule has 5 N–H and O–H groups in total. The molecule has 0 heterocycles. The van der Waals surface area contributed by atoms with Crippen LogP contribution in [-0.2, 0) is 14.8 Å². The highest BCUT2D eigenvalue weighted by atomic mass is 35.5. The summed E-state index contributed by atoms with van der Waals surface area (Å²) in [6, 6.07) is 2.03. The molecule has 0 spiro atoms. The first kappa shape index (κ1) is 14.7. The van der Waals surface area contributed by atoms with E-state index in [1.165, 1.54) is 0 Å². The summed E-state index contributed by atoms with van der Waals surface area (Å²) in [5, 5.41) is -0.0100. The predicted molar refractivity (Wildman–Crippen MR) is 64.8 cm³/mol. The first-order chi connectivity index (χ1) is 8.24. The highest BCUT2D eigenvalue weighted by molar-refractivity contribution is 7.89. The van der Waals surface area contributed by atoms with Crippen molar-refractivity contribution in [1.29, 1.82) is 0 Å². The van der Waals surface area contributed by atoms with Crippen LogP contribution in [0.5, 0.6) is 0 Å². The van der Waals surface area contributed by atoms with Crippen LogP contribution < -0.4 is 16.2 Å². The number of carbonyl (C=O) groups excluding carboxylic acids is 1. The topological polar surface area (TPSA) is 115 Å². The molecule has 0 aliphatic heterocycles. The zero-order valence-electron chi connectivity index (χ0n) is 9.11. The number of rotatable bonds is 5. The van der Waals surface area contributed by atoms with Crippen LogP contribution in [-0.4, -0.2) is 20.9 Å². The molecule has 0 atom stereocenters. The van der Waals surface area contributed by atoms with Crippen LogP contribution in [0.25, 0.3) is 0 Å². The molecule has 0 saturated heterocycles. The van der Waals surface area contributed by atoms with Gasteiger partial charge in [-0.1, -0.05) is 11.6 Å². The molecule has 0 aromatic heterocycles. The Hall–Kier alpha value is -1.38. The van der Waals surface area contributed by atoms with Gasteiger partial charge < -0.3 is 11.5 Å². The number of halogens is 2. The number of primary amides is 1. The van der Waals surface area contributed by atoms with E-state index in [1.54, 1.807) is 0 Å². The molecule has 6 nitrogen and oxygen atoms in total. The average molecular weight is 296 g/mol. The van der Waals surface area contributed by atoms with Crippen molar-refractivity contribution in [2.75, 3.05) is 12.3 Å². The van der Waals surface area contributed by atoms with E-state index in [9.17, 15) is 17.6 Å². The second-order valence-electron chi connectivity index (χ2n) is 3.42. The third-order valence-corrected chi connectivity index (χ3v) is 3.66. The third-order valence-electron chi connectivity index (χ3n) is 1.99. The summed E-state index contributed by atoms with van der Waals surface area (Å²) in [5.41, 5.74) is 9.74. The zero-order chi connectivity index (χ0) is 13.9. The number of nitrogen functional groups attached to an aromatic ring is 1. The lowest BCUT2D eigenvalue weighted by Crippen LogP contribution is -2.28. The molecule has 0 fully saturated rings. The molecule has 1 rings (SSSR count). The van der Waals surface area contributed by atoms with Crippen molar-refractivity contribution in [3.63, 3.8) is 0 Å². The molecule has 1 aromatic carbocycles. The normalized spacial score (nSPS) is 11.4. The molecule has 0 aliphatic carbocycles. The van der Waals surface area contributed by atoms with Crippen LogP contribution in [0.4, 0.5) is 10.1 Å². The van der Waals surface area contributed by atoms with Crippen molar-refractivity contribution < 1.29 is 17.6 Å². The average Bonchev–Trinajstić information content (AvgIpc) is 2.22. The number of nitrogens with one attached hydrogen (secondary N) is 1. The maximum absolute atomic E-state index is 13.6. The van der Waals surface area contributed by atoms with Gasteiger partial charge in [-0.2, -0.15) is 0 Å². The van der Waals surface area contributed by atoms with Gasteiger partial charge in [0.2, 0.25) is 15.9 Å². The standard InChI is InChI=1S/C9H11ClFN3O3S/c10-5-3-6(12)9(11)7(4-5)18(16,17)14-2-1-8(13)15/h3-4,14H,1-2,12H2,(H2,13,15). The molecule has 9 heteroatoms. The van der Waals surface area contributed by atoms with E-state index in [1.807, 2.05) is 4.72 Å². The first-order valence-electron chi connectivity index (χ1n) is 4.76. The number of anilines is 1. The lowest BCUT2D eigenvalue weighted by atomic mass is 10.3. The Balaban J connectivity index is 3.02.